The van der Waals surface area contributed by atoms with Crippen LogP contribution in [0.15, 0.2) is 16.6 Å². The van der Waals surface area contributed by atoms with Gasteiger partial charge in [0, 0.05) is 9.35 Å². The highest BCUT2D eigenvalue weighted by molar-refractivity contribution is 9.10. The maximum atomic E-state index is 6.32. The van der Waals surface area contributed by atoms with Crippen molar-refractivity contribution in [2.45, 2.75) is 53.4 Å². The van der Waals surface area contributed by atoms with E-state index >= 15 is 0 Å². The molecule has 3 rings (SSSR count). The zero-order valence-electron chi connectivity index (χ0n) is 16.4. The summed E-state index contributed by atoms with van der Waals surface area (Å²) in [7, 11) is 0. The molecule has 0 amide bonds. The third kappa shape index (κ3) is 4.50. The SMILES string of the molecule is Cc1nc(Oc2c(C)cc(Br)cc2C)c2sc(C)c(CCCCCN)c2n1. The molecule has 0 atom stereocenters. The first kappa shape index (κ1) is 20.2. The van der Waals surface area contributed by atoms with E-state index in [9.17, 15) is 0 Å². The van der Waals surface area contributed by atoms with Gasteiger partial charge in [-0.3, -0.25) is 0 Å². The minimum Gasteiger partial charge on any atom is -0.437 e. The summed E-state index contributed by atoms with van der Waals surface area (Å²) < 4.78 is 8.41. The molecule has 1 aromatic carbocycles. The Hall–Kier alpha value is -1.50. The number of halogens is 1. The van der Waals surface area contributed by atoms with E-state index in [1.54, 1.807) is 11.3 Å². The van der Waals surface area contributed by atoms with Gasteiger partial charge in [0.15, 0.2) is 0 Å². The Labute approximate surface area is 173 Å². The van der Waals surface area contributed by atoms with E-state index in [-0.39, 0.29) is 0 Å². The highest BCUT2D eigenvalue weighted by Gasteiger charge is 2.18. The fourth-order valence-electron chi connectivity index (χ4n) is 3.36. The molecule has 2 aromatic heterocycles. The maximum Gasteiger partial charge on any atom is 0.240 e. The van der Waals surface area contributed by atoms with Crippen molar-refractivity contribution in [2.24, 2.45) is 5.73 Å². The van der Waals surface area contributed by atoms with Crippen LogP contribution in [-0.2, 0) is 6.42 Å². The third-order valence-electron chi connectivity index (χ3n) is 4.67. The number of ether oxygens (including phenoxy) is 1. The van der Waals surface area contributed by atoms with Gasteiger partial charge in [0.05, 0.1) is 5.52 Å². The first-order valence-corrected chi connectivity index (χ1v) is 10.9. The van der Waals surface area contributed by atoms with Crippen LogP contribution in [0.3, 0.4) is 0 Å². The summed E-state index contributed by atoms with van der Waals surface area (Å²) in [5.74, 6) is 2.27. The van der Waals surface area contributed by atoms with Gasteiger partial charge >= 0.3 is 0 Å². The molecule has 144 valence electrons. The molecular weight excluding hydrogens is 422 g/mol. The summed E-state index contributed by atoms with van der Waals surface area (Å²) >= 11 is 5.27. The van der Waals surface area contributed by atoms with E-state index in [2.05, 4.69) is 53.8 Å². The summed E-state index contributed by atoms with van der Waals surface area (Å²) in [5, 5.41) is 0. The molecule has 0 saturated carbocycles. The Morgan fingerprint density at radius 2 is 1.74 bits per heavy atom. The minimum absolute atomic E-state index is 0.660. The summed E-state index contributed by atoms with van der Waals surface area (Å²) in [6.07, 6.45) is 4.38. The zero-order chi connectivity index (χ0) is 19.6. The molecule has 0 radical (unpaired) electrons. The van der Waals surface area contributed by atoms with Crippen molar-refractivity contribution in [1.82, 2.24) is 9.97 Å². The highest BCUT2D eigenvalue weighted by Crippen LogP contribution is 2.39. The van der Waals surface area contributed by atoms with Crippen molar-refractivity contribution in [2.75, 3.05) is 6.54 Å². The molecule has 0 bridgehead atoms. The van der Waals surface area contributed by atoms with Crippen molar-refractivity contribution in [3.63, 3.8) is 0 Å². The Morgan fingerprint density at radius 1 is 1.04 bits per heavy atom. The van der Waals surface area contributed by atoms with Gasteiger partial charge in [0.2, 0.25) is 5.88 Å². The van der Waals surface area contributed by atoms with E-state index in [0.717, 1.165) is 69.6 Å². The minimum atomic E-state index is 0.660. The molecule has 2 heterocycles. The molecule has 2 N–H and O–H groups in total. The van der Waals surface area contributed by atoms with Crippen molar-refractivity contribution in [1.29, 1.82) is 0 Å². The largest absolute Gasteiger partial charge is 0.437 e. The number of rotatable bonds is 7. The van der Waals surface area contributed by atoms with Crippen molar-refractivity contribution in [3.05, 3.63) is 44.0 Å². The number of unbranched alkanes of at least 4 members (excludes halogenated alkanes) is 2. The smallest absolute Gasteiger partial charge is 0.240 e. The van der Waals surface area contributed by atoms with E-state index in [1.165, 1.54) is 10.4 Å². The van der Waals surface area contributed by atoms with Crippen LogP contribution in [0, 0.1) is 27.7 Å². The lowest BCUT2D eigenvalue weighted by Gasteiger charge is -2.12. The second-order valence-electron chi connectivity index (χ2n) is 6.96. The lowest BCUT2D eigenvalue weighted by Crippen LogP contribution is -1.99. The van der Waals surface area contributed by atoms with Crippen LogP contribution in [0.1, 0.15) is 46.7 Å². The molecule has 0 saturated heterocycles. The van der Waals surface area contributed by atoms with Crippen LogP contribution >= 0.6 is 27.3 Å². The second kappa shape index (κ2) is 8.67. The maximum absolute atomic E-state index is 6.32. The number of aryl methyl sites for hydroxylation is 5. The average Bonchev–Trinajstić information content (AvgIpc) is 2.90. The van der Waals surface area contributed by atoms with Crippen LogP contribution < -0.4 is 10.5 Å². The number of hydrogen-bond acceptors (Lipinski definition) is 5. The number of nitrogens with zero attached hydrogens (tertiary/aromatic N) is 2. The van der Waals surface area contributed by atoms with Crippen LogP contribution in [0.4, 0.5) is 0 Å². The van der Waals surface area contributed by atoms with Crippen LogP contribution in [0.25, 0.3) is 10.2 Å². The van der Waals surface area contributed by atoms with Gasteiger partial charge in [-0.25, -0.2) is 4.98 Å². The molecule has 0 unspecified atom stereocenters. The van der Waals surface area contributed by atoms with Gasteiger partial charge in [-0.15, -0.1) is 11.3 Å². The molecule has 27 heavy (non-hydrogen) atoms. The number of hydrogen-bond donors (Lipinski definition) is 1. The average molecular weight is 448 g/mol. The highest BCUT2D eigenvalue weighted by atomic mass is 79.9. The predicted octanol–water partition coefficient (Wildman–Crippen LogP) is 6.15. The van der Waals surface area contributed by atoms with Gasteiger partial charge in [0.25, 0.3) is 0 Å². The summed E-state index contributed by atoms with van der Waals surface area (Å²) in [5.41, 5.74) is 10.2. The molecule has 0 aliphatic rings. The Kier molecular flexibility index (Phi) is 6.50. The van der Waals surface area contributed by atoms with E-state index in [1.807, 2.05) is 6.92 Å². The monoisotopic (exact) mass is 447 g/mol. The predicted molar refractivity (Wildman–Crippen MR) is 117 cm³/mol. The fourth-order valence-corrected chi connectivity index (χ4v) is 5.11. The van der Waals surface area contributed by atoms with Gasteiger partial charge in [-0.2, -0.15) is 4.98 Å². The van der Waals surface area contributed by atoms with Crippen molar-refractivity contribution in [3.8, 4) is 11.6 Å². The number of benzene rings is 1. The number of nitrogens with two attached hydrogens (primary N) is 1. The first-order valence-electron chi connectivity index (χ1n) is 9.32. The number of aromatic nitrogens is 2. The van der Waals surface area contributed by atoms with Crippen LogP contribution in [-0.4, -0.2) is 16.5 Å². The van der Waals surface area contributed by atoms with E-state index in [0.29, 0.717) is 5.88 Å². The zero-order valence-corrected chi connectivity index (χ0v) is 18.8. The van der Waals surface area contributed by atoms with Crippen molar-refractivity contribution >= 4 is 37.5 Å². The number of fused-ring (bicyclic) bond motifs is 1. The molecule has 0 aliphatic heterocycles. The second-order valence-corrected chi connectivity index (χ2v) is 9.10. The Balaban J connectivity index is 2.00. The molecule has 0 aliphatic carbocycles. The first-order chi connectivity index (χ1) is 12.9. The third-order valence-corrected chi connectivity index (χ3v) is 6.25. The molecule has 0 spiro atoms. The molecule has 3 aromatic rings. The number of thiophene rings is 1. The molecule has 6 heteroatoms. The standard InChI is InChI=1S/C21H26BrN3OS/c1-12-10-16(22)11-13(2)19(12)26-21-20-18(24-15(4)25-21)17(14(3)27-20)8-6-5-7-9-23/h10-11H,5-9,23H2,1-4H3. The molecule has 0 fully saturated rings. The Morgan fingerprint density at radius 3 is 2.41 bits per heavy atom. The van der Waals surface area contributed by atoms with E-state index < -0.39 is 0 Å². The molecule has 4 nitrogen and oxygen atoms in total. The summed E-state index contributed by atoms with van der Waals surface area (Å²) in [6, 6.07) is 4.13. The van der Waals surface area contributed by atoms with Crippen LogP contribution in [0.5, 0.6) is 11.6 Å². The molecular formula is C21H26BrN3OS. The van der Waals surface area contributed by atoms with Crippen LogP contribution in [0.2, 0.25) is 0 Å². The van der Waals surface area contributed by atoms with Gasteiger partial charge < -0.3 is 10.5 Å². The van der Waals surface area contributed by atoms with Gasteiger partial charge in [-0.1, -0.05) is 22.4 Å². The fraction of sp³-hybridized carbons (Fsp3) is 0.429. The topological polar surface area (TPSA) is 61.0 Å². The quantitative estimate of drug-likeness (QED) is 0.441. The van der Waals surface area contributed by atoms with E-state index in [4.69, 9.17) is 15.5 Å². The normalized spacial score (nSPS) is 11.3. The van der Waals surface area contributed by atoms with Gasteiger partial charge in [-0.05, 0) is 82.3 Å². The Bertz CT molecular complexity index is 945. The lowest BCUT2D eigenvalue weighted by atomic mass is 10.1. The summed E-state index contributed by atoms with van der Waals surface area (Å²) in [6.45, 7) is 8.97. The van der Waals surface area contributed by atoms with Gasteiger partial charge in [0.1, 0.15) is 16.3 Å². The van der Waals surface area contributed by atoms with Crippen molar-refractivity contribution < 1.29 is 4.74 Å². The lowest BCUT2D eigenvalue weighted by molar-refractivity contribution is 0.460. The summed E-state index contributed by atoms with van der Waals surface area (Å²) in [4.78, 5) is 10.7.